The topological polar surface area (TPSA) is 83.3 Å². The Labute approximate surface area is 203 Å². The zero-order valence-corrected chi connectivity index (χ0v) is 21.7. The number of benzene rings is 1. The van der Waals surface area contributed by atoms with Crippen LogP contribution >= 0.6 is 24.0 Å². The van der Waals surface area contributed by atoms with Gasteiger partial charge in [-0.3, -0.25) is 9.48 Å². The minimum Gasteiger partial charge on any atom is -0.357 e. The predicted octanol–water partition coefficient (Wildman–Crippen LogP) is 3.79. The van der Waals surface area contributed by atoms with Crippen LogP contribution in [-0.4, -0.2) is 40.8 Å². The van der Waals surface area contributed by atoms with Gasteiger partial charge in [0.25, 0.3) is 5.91 Å². The summed E-state index contributed by atoms with van der Waals surface area (Å²) in [6.45, 7) is 13.2. The monoisotopic (exact) mass is 540 g/mol. The number of hydrogen-bond donors (Lipinski definition) is 3. The zero-order valence-electron chi connectivity index (χ0n) is 19.4. The molecule has 3 N–H and O–H groups in total. The third-order valence-corrected chi connectivity index (χ3v) is 4.89. The van der Waals surface area contributed by atoms with Crippen LogP contribution in [0.1, 0.15) is 60.9 Å². The van der Waals surface area contributed by atoms with Crippen molar-refractivity contribution in [1.82, 2.24) is 25.7 Å². The number of nitrogens with one attached hydrogen (secondary N) is 3. The SMILES string of the molecule is CCNC(=NCc1cccc(C(=O)NC(C)CC)c1)NCCCn1nc(C)cc1C.I. The number of amides is 1. The molecular weight excluding hydrogens is 503 g/mol. The number of carbonyl (C=O) groups excluding carboxylic acids is 1. The molecule has 0 spiro atoms. The Morgan fingerprint density at radius 1 is 1.19 bits per heavy atom. The van der Waals surface area contributed by atoms with Crippen molar-refractivity contribution in [1.29, 1.82) is 0 Å². The van der Waals surface area contributed by atoms with E-state index < -0.39 is 0 Å². The van der Waals surface area contributed by atoms with E-state index in [0.29, 0.717) is 12.1 Å². The van der Waals surface area contributed by atoms with E-state index in [-0.39, 0.29) is 35.9 Å². The Morgan fingerprint density at radius 3 is 2.61 bits per heavy atom. The van der Waals surface area contributed by atoms with Crippen LogP contribution in [-0.2, 0) is 13.1 Å². The Balaban J connectivity index is 0.00000480. The van der Waals surface area contributed by atoms with Gasteiger partial charge in [0.1, 0.15) is 0 Å². The smallest absolute Gasteiger partial charge is 0.251 e. The molecule has 1 heterocycles. The van der Waals surface area contributed by atoms with Crippen molar-refractivity contribution in [3.63, 3.8) is 0 Å². The first-order valence-corrected chi connectivity index (χ1v) is 10.9. The quantitative estimate of drug-likeness (QED) is 0.185. The van der Waals surface area contributed by atoms with Gasteiger partial charge in [-0.15, -0.1) is 24.0 Å². The summed E-state index contributed by atoms with van der Waals surface area (Å²) in [6.07, 6.45) is 1.87. The Kier molecular flexibility index (Phi) is 12.2. The van der Waals surface area contributed by atoms with Crippen LogP contribution in [0, 0.1) is 13.8 Å². The molecule has 1 unspecified atom stereocenters. The average molecular weight is 540 g/mol. The van der Waals surface area contributed by atoms with Crippen LogP contribution in [0.4, 0.5) is 0 Å². The maximum absolute atomic E-state index is 12.3. The van der Waals surface area contributed by atoms with Crippen LogP contribution in [0.25, 0.3) is 0 Å². The summed E-state index contributed by atoms with van der Waals surface area (Å²) in [4.78, 5) is 17.0. The summed E-state index contributed by atoms with van der Waals surface area (Å²) in [6, 6.07) is 9.91. The number of halogens is 1. The van der Waals surface area contributed by atoms with Crippen LogP contribution in [0.5, 0.6) is 0 Å². The summed E-state index contributed by atoms with van der Waals surface area (Å²) < 4.78 is 2.04. The number of rotatable bonds is 10. The minimum absolute atomic E-state index is 0. The molecule has 0 bridgehead atoms. The average Bonchev–Trinajstić information content (AvgIpc) is 3.06. The highest BCUT2D eigenvalue weighted by Crippen LogP contribution is 2.08. The summed E-state index contributed by atoms with van der Waals surface area (Å²) in [7, 11) is 0. The van der Waals surface area contributed by atoms with E-state index in [0.717, 1.165) is 49.7 Å². The van der Waals surface area contributed by atoms with E-state index in [1.54, 1.807) is 0 Å². The fraction of sp³-hybridized carbons (Fsp3) is 0.522. The summed E-state index contributed by atoms with van der Waals surface area (Å²) in [5.41, 5.74) is 3.92. The number of aryl methyl sites for hydroxylation is 3. The van der Waals surface area contributed by atoms with Crippen molar-refractivity contribution >= 4 is 35.8 Å². The highest BCUT2D eigenvalue weighted by Gasteiger charge is 2.09. The first-order chi connectivity index (χ1) is 14.4. The number of guanidine groups is 1. The molecule has 0 fully saturated rings. The summed E-state index contributed by atoms with van der Waals surface area (Å²) >= 11 is 0. The molecule has 172 valence electrons. The molecule has 0 aliphatic carbocycles. The van der Waals surface area contributed by atoms with E-state index >= 15 is 0 Å². The third kappa shape index (κ3) is 9.28. The molecule has 1 amide bonds. The molecule has 1 atom stereocenters. The molecule has 2 rings (SSSR count). The van der Waals surface area contributed by atoms with Gasteiger partial charge in [-0.1, -0.05) is 19.1 Å². The molecule has 1 aromatic heterocycles. The molecule has 31 heavy (non-hydrogen) atoms. The van der Waals surface area contributed by atoms with Crippen LogP contribution < -0.4 is 16.0 Å². The Bertz CT molecular complexity index is 848. The molecule has 7 nitrogen and oxygen atoms in total. The number of aromatic nitrogens is 2. The second kappa shape index (κ2) is 14.1. The fourth-order valence-electron chi connectivity index (χ4n) is 3.07. The second-order valence-electron chi connectivity index (χ2n) is 7.61. The van der Waals surface area contributed by atoms with Crippen molar-refractivity contribution in [3.05, 3.63) is 52.8 Å². The second-order valence-corrected chi connectivity index (χ2v) is 7.61. The van der Waals surface area contributed by atoms with Gasteiger partial charge in [-0.05, 0) is 64.3 Å². The number of aliphatic imine (C=N–C) groups is 1. The maximum atomic E-state index is 12.3. The van der Waals surface area contributed by atoms with Crippen molar-refractivity contribution < 1.29 is 4.79 Å². The van der Waals surface area contributed by atoms with Crippen molar-refractivity contribution in [2.24, 2.45) is 4.99 Å². The van der Waals surface area contributed by atoms with E-state index in [1.165, 1.54) is 5.69 Å². The van der Waals surface area contributed by atoms with E-state index in [2.05, 4.69) is 46.0 Å². The number of carbonyl (C=O) groups is 1. The molecule has 0 saturated carbocycles. The van der Waals surface area contributed by atoms with Gasteiger partial charge in [-0.25, -0.2) is 4.99 Å². The van der Waals surface area contributed by atoms with Gasteiger partial charge in [0, 0.05) is 36.9 Å². The largest absolute Gasteiger partial charge is 0.357 e. The number of nitrogens with zero attached hydrogens (tertiary/aromatic N) is 3. The Hall–Kier alpha value is -2.10. The van der Waals surface area contributed by atoms with Gasteiger partial charge >= 0.3 is 0 Å². The molecule has 0 radical (unpaired) electrons. The number of hydrogen-bond acceptors (Lipinski definition) is 3. The van der Waals surface area contributed by atoms with Gasteiger partial charge in [0.2, 0.25) is 0 Å². The van der Waals surface area contributed by atoms with E-state index in [4.69, 9.17) is 0 Å². The minimum atomic E-state index is -0.0376. The van der Waals surface area contributed by atoms with Crippen LogP contribution in [0.3, 0.4) is 0 Å². The fourth-order valence-corrected chi connectivity index (χ4v) is 3.07. The van der Waals surface area contributed by atoms with Gasteiger partial charge in [-0.2, -0.15) is 5.10 Å². The molecule has 2 aromatic rings. The molecular formula is C23H37IN6O. The molecule has 1 aromatic carbocycles. The summed E-state index contributed by atoms with van der Waals surface area (Å²) in [5.74, 6) is 0.740. The van der Waals surface area contributed by atoms with Gasteiger partial charge in [0.15, 0.2) is 5.96 Å². The van der Waals surface area contributed by atoms with Gasteiger partial charge < -0.3 is 16.0 Å². The summed E-state index contributed by atoms with van der Waals surface area (Å²) in [5, 5.41) is 14.2. The molecule has 0 aliphatic heterocycles. The van der Waals surface area contributed by atoms with Crippen molar-refractivity contribution in [3.8, 4) is 0 Å². The predicted molar refractivity (Wildman–Crippen MR) is 138 cm³/mol. The van der Waals surface area contributed by atoms with E-state index in [1.807, 2.05) is 49.7 Å². The van der Waals surface area contributed by atoms with Crippen molar-refractivity contribution in [2.45, 2.75) is 66.6 Å². The van der Waals surface area contributed by atoms with E-state index in [9.17, 15) is 4.79 Å². The molecule has 0 saturated heterocycles. The van der Waals surface area contributed by atoms with Gasteiger partial charge in [0.05, 0.1) is 12.2 Å². The highest BCUT2D eigenvalue weighted by molar-refractivity contribution is 14.0. The standard InChI is InChI=1S/C23H36N6O.HI/c1-6-17(3)27-22(30)21-11-8-10-20(15-21)16-26-23(24-7-2)25-12-9-13-29-19(5)14-18(4)28-29;/h8,10-11,14-15,17H,6-7,9,12-13,16H2,1-5H3,(H,27,30)(H2,24,25,26);1H. The lowest BCUT2D eigenvalue weighted by atomic mass is 10.1. The zero-order chi connectivity index (χ0) is 21.9. The first-order valence-electron chi connectivity index (χ1n) is 10.9. The first kappa shape index (κ1) is 26.9. The third-order valence-electron chi connectivity index (χ3n) is 4.89. The maximum Gasteiger partial charge on any atom is 0.251 e. The van der Waals surface area contributed by atoms with Crippen molar-refractivity contribution in [2.75, 3.05) is 13.1 Å². The lowest BCUT2D eigenvalue weighted by Crippen LogP contribution is -2.38. The van der Waals surface area contributed by atoms with Crippen LogP contribution in [0.15, 0.2) is 35.3 Å². The lowest BCUT2D eigenvalue weighted by Gasteiger charge is -2.13. The normalized spacial score (nSPS) is 12.1. The molecule has 8 heteroatoms. The Morgan fingerprint density at radius 2 is 1.97 bits per heavy atom. The van der Waals surface area contributed by atoms with Crippen LogP contribution in [0.2, 0.25) is 0 Å². The lowest BCUT2D eigenvalue weighted by molar-refractivity contribution is 0.0939. The molecule has 0 aliphatic rings. The highest BCUT2D eigenvalue weighted by atomic mass is 127.